The van der Waals surface area contributed by atoms with Gasteiger partial charge in [-0.15, -0.1) is 0 Å². The third-order valence-corrected chi connectivity index (χ3v) is 3.54. The fourth-order valence-corrected chi connectivity index (χ4v) is 2.17. The molecule has 0 fully saturated rings. The maximum atomic E-state index is 7.62. The van der Waals surface area contributed by atoms with Crippen LogP contribution in [0.2, 0.25) is 0 Å². The molecule has 124 valence electrons. The molecule has 5 heteroatoms. The molecule has 0 saturated carbocycles. The number of nitrogens with zero attached hydrogens (tertiary/aromatic N) is 3. The number of nitrogens with one attached hydrogen (secondary N) is 2. The molecule has 0 unspecified atom stereocenters. The van der Waals surface area contributed by atoms with Crippen LogP contribution < -0.4 is 5.32 Å². The minimum absolute atomic E-state index is 0.607. The molecule has 2 rings (SSSR count). The molecule has 0 bridgehead atoms. The zero-order chi connectivity index (χ0) is 17.2. The minimum atomic E-state index is 0.607. The first-order chi connectivity index (χ1) is 11.8. The summed E-state index contributed by atoms with van der Waals surface area (Å²) in [6, 6.07) is 8.52. The molecule has 1 heterocycles. The van der Waals surface area contributed by atoms with Crippen LogP contribution >= 0.6 is 0 Å². The Morgan fingerprint density at radius 1 is 1.38 bits per heavy atom. The molecule has 1 aliphatic heterocycles. The SMILES string of the molecule is C=C/C=N\N1C=C(/C(C=N)=C/NCc2ccc(CC)cc2)N=CC1. The molecule has 1 aromatic carbocycles. The molecule has 0 aliphatic carbocycles. The van der Waals surface area contributed by atoms with Gasteiger partial charge >= 0.3 is 0 Å². The Morgan fingerprint density at radius 3 is 2.79 bits per heavy atom. The molecule has 0 aromatic heterocycles. The van der Waals surface area contributed by atoms with Crippen LogP contribution in [0, 0.1) is 5.41 Å². The number of allylic oxidation sites excluding steroid dienone is 2. The molecule has 0 saturated heterocycles. The fraction of sp³-hybridized carbons (Fsp3) is 0.211. The summed E-state index contributed by atoms with van der Waals surface area (Å²) in [7, 11) is 0. The van der Waals surface area contributed by atoms with E-state index in [9.17, 15) is 0 Å². The van der Waals surface area contributed by atoms with Crippen molar-refractivity contribution >= 4 is 18.6 Å². The van der Waals surface area contributed by atoms with E-state index in [-0.39, 0.29) is 0 Å². The Balaban J connectivity index is 2.01. The van der Waals surface area contributed by atoms with E-state index in [2.05, 4.69) is 53.2 Å². The zero-order valence-corrected chi connectivity index (χ0v) is 13.9. The van der Waals surface area contributed by atoms with Gasteiger partial charge in [0.1, 0.15) is 0 Å². The lowest BCUT2D eigenvalue weighted by Crippen LogP contribution is -2.18. The molecule has 5 nitrogen and oxygen atoms in total. The van der Waals surface area contributed by atoms with Crippen LogP contribution in [0.3, 0.4) is 0 Å². The van der Waals surface area contributed by atoms with E-state index < -0.39 is 0 Å². The summed E-state index contributed by atoms with van der Waals surface area (Å²) >= 11 is 0. The van der Waals surface area contributed by atoms with Crippen molar-refractivity contribution < 1.29 is 0 Å². The highest BCUT2D eigenvalue weighted by atomic mass is 15.4. The highest BCUT2D eigenvalue weighted by Crippen LogP contribution is 2.13. The summed E-state index contributed by atoms with van der Waals surface area (Å²) in [5.74, 6) is 0. The smallest absolute Gasteiger partial charge is 0.0907 e. The van der Waals surface area contributed by atoms with Crippen LogP contribution in [0.15, 0.2) is 70.7 Å². The minimum Gasteiger partial charge on any atom is -0.386 e. The van der Waals surface area contributed by atoms with Crippen molar-refractivity contribution in [1.29, 1.82) is 5.41 Å². The Labute approximate surface area is 143 Å². The Bertz CT molecular complexity index is 680. The van der Waals surface area contributed by atoms with Crippen molar-refractivity contribution in [3.05, 3.63) is 71.7 Å². The zero-order valence-electron chi connectivity index (χ0n) is 13.9. The van der Waals surface area contributed by atoms with Crippen LogP contribution in [-0.2, 0) is 13.0 Å². The topological polar surface area (TPSA) is 63.8 Å². The van der Waals surface area contributed by atoms with Crippen molar-refractivity contribution in [1.82, 2.24) is 10.3 Å². The number of benzene rings is 1. The van der Waals surface area contributed by atoms with Gasteiger partial charge in [-0.2, -0.15) is 5.10 Å². The number of rotatable bonds is 8. The van der Waals surface area contributed by atoms with Crippen LogP contribution in [-0.4, -0.2) is 30.2 Å². The lowest BCUT2D eigenvalue weighted by atomic mass is 10.1. The van der Waals surface area contributed by atoms with Crippen molar-refractivity contribution in [2.24, 2.45) is 10.1 Å². The molecule has 0 amide bonds. The molecule has 1 aromatic rings. The molecule has 0 radical (unpaired) electrons. The van der Waals surface area contributed by atoms with Gasteiger partial charge in [0, 0.05) is 37.0 Å². The predicted octanol–water partition coefficient (Wildman–Crippen LogP) is 3.27. The first-order valence-corrected chi connectivity index (χ1v) is 7.95. The van der Waals surface area contributed by atoms with E-state index >= 15 is 0 Å². The quantitative estimate of drug-likeness (QED) is 0.722. The van der Waals surface area contributed by atoms with Gasteiger partial charge in [-0.05, 0) is 23.6 Å². The van der Waals surface area contributed by atoms with Gasteiger partial charge in [-0.3, -0.25) is 10.0 Å². The predicted molar refractivity (Wildman–Crippen MR) is 101 cm³/mol. The van der Waals surface area contributed by atoms with E-state index in [1.54, 1.807) is 23.5 Å². The lowest BCUT2D eigenvalue weighted by molar-refractivity contribution is 0.454. The molecule has 0 atom stereocenters. The van der Waals surface area contributed by atoms with Gasteiger partial charge in [0.05, 0.1) is 18.4 Å². The number of aliphatic imine (C=N–C) groups is 1. The van der Waals surface area contributed by atoms with Crippen molar-refractivity contribution in [2.45, 2.75) is 19.9 Å². The van der Waals surface area contributed by atoms with E-state index in [0.717, 1.165) is 6.42 Å². The van der Waals surface area contributed by atoms with Crippen LogP contribution in [0.25, 0.3) is 0 Å². The monoisotopic (exact) mass is 321 g/mol. The maximum Gasteiger partial charge on any atom is 0.0907 e. The second-order valence-electron chi connectivity index (χ2n) is 5.24. The second-order valence-corrected chi connectivity index (χ2v) is 5.24. The summed E-state index contributed by atoms with van der Waals surface area (Å²) in [5, 5.41) is 16.8. The number of hydrogen-bond donors (Lipinski definition) is 2. The largest absolute Gasteiger partial charge is 0.386 e. The Morgan fingerprint density at radius 2 is 2.12 bits per heavy atom. The van der Waals surface area contributed by atoms with E-state index in [1.165, 1.54) is 17.3 Å². The molecule has 2 N–H and O–H groups in total. The standard InChI is InChI=1S/C19H23N5/c1-3-9-23-24-11-10-22-19(15-24)18(12-20)14-21-13-17-7-5-16(4-2)6-8-17/h3,5-10,12,14-15,20-21H,1,4,11,13H2,2H3/b18-14+,20-12?,23-9-. The van der Waals surface area contributed by atoms with Crippen molar-refractivity contribution in [2.75, 3.05) is 6.54 Å². The Kier molecular flexibility index (Phi) is 6.71. The molecule has 0 spiro atoms. The van der Waals surface area contributed by atoms with Crippen LogP contribution in [0.1, 0.15) is 18.1 Å². The average Bonchev–Trinajstić information content (AvgIpc) is 2.64. The van der Waals surface area contributed by atoms with E-state index in [4.69, 9.17) is 5.41 Å². The third-order valence-electron chi connectivity index (χ3n) is 3.54. The van der Waals surface area contributed by atoms with Gasteiger partial charge in [-0.1, -0.05) is 37.8 Å². The summed E-state index contributed by atoms with van der Waals surface area (Å²) < 4.78 is 0. The van der Waals surface area contributed by atoms with Crippen LogP contribution in [0.4, 0.5) is 0 Å². The molecule has 1 aliphatic rings. The van der Waals surface area contributed by atoms with E-state index in [1.807, 2.05) is 12.4 Å². The van der Waals surface area contributed by atoms with Crippen molar-refractivity contribution in [3.63, 3.8) is 0 Å². The Hall–Kier alpha value is -2.95. The number of aryl methyl sites for hydroxylation is 1. The lowest BCUT2D eigenvalue weighted by Gasteiger charge is -2.17. The first kappa shape index (κ1) is 17.4. The van der Waals surface area contributed by atoms with E-state index in [0.29, 0.717) is 24.4 Å². The molecular weight excluding hydrogens is 298 g/mol. The average molecular weight is 321 g/mol. The highest BCUT2D eigenvalue weighted by Gasteiger charge is 2.08. The fourth-order valence-electron chi connectivity index (χ4n) is 2.17. The van der Waals surface area contributed by atoms with Gasteiger partial charge < -0.3 is 10.7 Å². The van der Waals surface area contributed by atoms with Gasteiger partial charge in [-0.25, -0.2) is 0 Å². The summed E-state index contributed by atoms with van der Waals surface area (Å²) in [6.07, 6.45) is 11.0. The maximum absolute atomic E-state index is 7.62. The molecule has 24 heavy (non-hydrogen) atoms. The van der Waals surface area contributed by atoms with Gasteiger partial charge in [0.2, 0.25) is 0 Å². The normalized spacial score (nSPS) is 14.6. The number of hydrogen-bond acceptors (Lipinski definition) is 5. The third kappa shape index (κ3) is 5.05. The summed E-state index contributed by atoms with van der Waals surface area (Å²) in [6.45, 7) is 7.07. The van der Waals surface area contributed by atoms with Gasteiger partial charge in [0.15, 0.2) is 0 Å². The number of hydrazone groups is 1. The molecular formula is C19H23N5. The summed E-state index contributed by atoms with van der Waals surface area (Å²) in [4.78, 5) is 4.34. The van der Waals surface area contributed by atoms with Crippen LogP contribution in [0.5, 0.6) is 0 Å². The first-order valence-electron chi connectivity index (χ1n) is 7.95. The van der Waals surface area contributed by atoms with Gasteiger partial charge in [0.25, 0.3) is 0 Å². The highest BCUT2D eigenvalue weighted by molar-refractivity contribution is 5.83. The van der Waals surface area contributed by atoms with Crippen molar-refractivity contribution in [3.8, 4) is 0 Å². The summed E-state index contributed by atoms with van der Waals surface area (Å²) in [5.41, 5.74) is 3.93. The second kappa shape index (κ2) is 9.25.